The Morgan fingerprint density at radius 2 is 2.14 bits per heavy atom. The van der Waals surface area contributed by atoms with Crippen LogP contribution in [0.3, 0.4) is 0 Å². The summed E-state index contributed by atoms with van der Waals surface area (Å²) in [5, 5.41) is 6.02. The summed E-state index contributed by atoms with van der Waals surface area (Å²) in [7, 11) is 0. The Morgan fingerprint density at radius 1 is 1.33 bits per heavy atom. The zero-order valence-corrected chi connectivity index (χ0v) is 12.1. The van der Waals surface area contributed by atoms with Gasteiger partial charge in [0.1, 0.15) is 17.5 Å². The van der Waals surface area contributed by atoms with Gasteiger partial charge in [0.05, 0.1) is 16.8 Å². The third-order valence-corrected chi connectivity index (χ3v) is 2.83. The van der Waals surface area contributed by atoms with Crippen molar-refractivity contribution in [1.29, 1.82) is 0 Å². The van der Waals surface area contributed by atoms with E-state index >= 15 is 0 Å². The van der Waals surface area contributed by atoms with E-state index in [1.54, 1.807) is 12.1 Å². The second-order valence-corrected chi connectivity index (χ2v) is 4.73. The molecular weight excluding hydrogens is 295 g/mol. The highest BCUT2D eigenvalue weighted by atomic mass is 35.5. The van der Waals surface area contributed by atoms with Crippen LogP contribution in [0.2, 0.25) is 5.02 Å². The maximum Gasteiger partial charge on any atom is 0.260 e. The second kappa shape index (κ2) is 6.99. The van der Waals surface area contributed by atoms with E-state index in [1.165, 1.54) is 6.20 Å². The van der Waals surface area contributed by atoms with Crippen LogP contribution in [0.4, 0.5) is 16.0 Å². The Kier molecular flexibility index (Phi) is 5.05. The molecule has 2 rings (SSSR count). The smallest absolute Gasteiger partial charge is 0.260 e. The Bertz CT molecular complexity index is 633. The van der Waals surface area contributed by atoms with Crippen molar-refractivity contribution >= 4 is 29.1 Å². The Hall–Kier alpha value is -2.21. The van der Waals surface area contributed by atoms with Crippen LogP contribution in [0, 0.1) is 5.82 Å². The molecule has 0 aliphatic rings. The van der Waals surface area contributed by atoms with Gasteiger partial charge in [-0.15, -0.1) is 0 Å². The minimum atomic E-state index is -0.578. The van der Waals surface area contributed by atoms with E-state index in [2.05, 4.69) is 20.6 Å². The quantitative estimate of drug-likeness (QED) is 0.889. The Labute approximate surface area is 126 Å². The van der Waals surface area contributed by atoms with Gasteiger partial charge in [0.15, 0.2) is 0 Å². The van der Waals surface area contributed by atoms with Crippen molar-refractivity contribution in [3.05, 3.63) is 47.0 Å². The fraction of sp³-hybridized carbons (Fsp3) is 0.214. The maximum atomic E-state index is 13.3. The molecular formula is C14H14ClFN4O. The van der Waals surface area contributed by atoms with Gasteiger partial charge in [-0.3, -0.25) is 4.79 Å². The first-order valence-electron chi connectivity index (χ1n) is 6.42. The van der Waals surface area contributed by atoms with Crippen molar-refractivity contribution in [2.75, 3.05) is 17.2 Å². The van der Waals surface area contributed by atoms with E-state index in [1.807, 2.05) is 6.92 Å². The molecule has 2 aromatic rings. The first-order chi connectivity index (χ1) is 10.1. The lowest BCUT2D eigenvalue weighted by Gasteiger charge is -2.10. The minimum Gasteiger partial charge on any atom is -0.369 e. The molecule has 5 nitrogen and oxygen atoms in total. The summed E-state index contributed by atoms with van der Waals surface area (Å²) < 4.78 is 13.3. The lowest BCUT2D eigenvalue weighted by Crippen LogP contribution is -2.17. The van der Waals surface area contributed by atoms with Gasteiger partial charge in [0.25, 0.3) is 5.91 Å². The summed E-state index contributed by atoms with van der Waals surface area (Å²) in [4.78, 5) is 20.1. The summed E-state index contributed by atoms with van der Waals surface area (Å²) in [5.74, 6) is -0.401. The van der Waals surface area contributed by atoms with Crippen molar-refractivity contribution in [3.8, 4) is 0 Å². The van der Waals surface area contributed by atoms with Gasteiger partial charge >= 0.3 is 0 Å². The molecule has 0 radical (unpaired) electrons. The number of anilines is 2. The molecule has 0 spiro atoms. The third kappa shape index (κ3) is 4.13. The lowest BCUT2D eigenvalue weighted by molar-refractivity contribution is 0.102. The minimum absolute atomic E-state index is 0.125. The van der Waals surface area contributed by atoms with Crippen molar-refractivity contribution in [3.63, 3.8) is 0 Å². The standard InChI is InChI=1S/C14H14ClFN4O/c1-2-5-17-13-11(6-10(16)8-19-13)14(21)20-12-4-3-9(15)7-18-12/h3-4,6-8H,2,5H2,1H3,(H,17,19)(H,18,20,21). The topological polar surface area (TPSA) is 66.9 Å². The Balaban J connectivity index is 2.20. The fourth-order valence-corrected chi connectivity index (χ4v) is 1.74. The molecule has 110 valence electrons. The SMILES string of the molecule is CCCNc1ncc(F)cc1C(=O)Nc1ccc(Cl)cn1. The van der Waals surface area contributed by atoms with Crippen LogP contribution in [0.5, 0.6) is 0 Å². The number of aromatic nitrogens is 2. The Morgan fingerprint density at radius 3 is 2.81 bits per heavy atom. The van der Waals surface area contributed by atoms with E-state index in [0.29, 0.717) is 23.2 Å². The molecule has 0 bridgehead atoms. The lowest BCUT2D eigenvalue weighted by atomic mass is 10.2. The molecule has 0 fully saturated rings. The number of nitrogens with zero attached hydrogens (tertiary/aromatic N) is 2. The third-order valence-electron chi connectivity index (χ3n) is 2.61. The van der Waals surface area contributed by atoms with Crippen LogP contribution >= 0.6 is 11.6 Å². The second-order valence-electron chi connectivity index (χ2n) is 4.29. The van der Waals surface area contributed by atoms with Gasteiger partial charge in [-0.25, -0.2) is 14.4 Å². The number of hydrogen-bond donors (Lipinski definition) is 2. The largest absolute Gasteiger partial charge is 0.369 e. The van der Waals surface area contributed by atoms with E-state index in [0.717, 1.165) is 18.7 Å². The number of pyridine rings is 2. The number of halogens is 2. The van der Waals surface area contributed by atoms with Crippen molar-refractivity contribution in [2.45, 2.75) is 13.3 Å². The molecule has 0 aliphatic carbocycles. The molecule has 2 N–H and O–H groups in total. The molecule has 0 aromatic carbocycles. The molecule has 2 heterocycles. The predicted octanol–water partition coefficient (Wildman–Crippen LogP) is 3.34. The molecule has 21 heavy (non-hydrogen) atoms. The zero-order valence-electron chi connectivity index (χ0n) is 11.4. The van der Waals surface area contributed by atoms with Crippen LogP contribution in [0.25, 0.3) is 0 Å². The first kappa shape index (κ1) is 15.2. The molecule has 7 heteroatoms. The van der Waals surface area contributed by atoms with Gasteiger partial charge in [-0.1, -0.05) is 18.5 Å². The molecule has 0 atom stereocenters. The number of nitrogens with one attached hydrogen (secondary N) is 2. The molecule has 0 saturated carbocycles. The van der Waals surface area contributed by atoms with Gasteiger partial charge in [-0.2, -0.15) is 0 Å². The summed E-state index contributed by atoms with van der Waals surface area (Å²) in [6, 6.07) is 4.30. The average Bonchev–Trinajstić information content (AvgIpc) is 2.48. The first-order valence-corrected chi connectivity index (χ1v) is 6.80. The maximum absolute atomic E-state index is 13.3. The number of hydrogen-bond acceptors (Lipinski definition) is 4. The van der Waals surface area contributed by atoms with E-state index in [9.17, 15) is 9.18 Å². The van der Waals surface area contributed by atoms with Crippen molar-refractivity contribution in [1.82, 2.24) is 9.97 Å². The van der Waals surface area contributed by atoms with Gasteiger partial charge in [-0.05, 0) is 24.6 Å². The fourth-order valence-electron chi connectivity index (χ4n) is 1.63. The van der Waals surface area contributed by atoms with Crippen LogP contribution < -0.4 is 10.6 Å². The average molecular weight is 309 g/mol. The van der Waals surface area contributed by atoms with Crippen molar-refractivity contribution < 1.29 is 9.18 Å². The van der Waals surface area contributed by atoms with Gasteiger partial charge in [0, 0.05) is 12.7 Å². The highest BCUT2D eigenvalue weighted by molar-refractivity contribution is 6.30. The predicted molar refractivity (Wildman–Crippen MR) is 80.2 cm³/mol. The summed E-state index contributed by atoms with van der Waals surface area (Å²) in [6.45, 7) is 2.62. The summed E-state index contributed by atoms with van der Waals surface area (Å²) in [5.41, 5.74) is 0.125. The number of carbonyl (C=O) groups excluding carboxylic acids is 1. The number of rotatable bonds is 5. The highest BCUT2D eigenvalue weighted by Gasteiger charge is 2.14. The van der Waals surface area contributed by atoms with Gasteiger partial charge in [0.2, 0.25) is 0 Å². The van der Waals surface area contributed by atoms with E-state index < -0.39 is 11.7 Å². The molecule has 2 aromatic heterocycles. The van der Waals surface area contributed by atoms with Crippen LogP contribution in [0.15, 0.2) is 30.6 Å². The molecule has 0 saturated heterocycles. The highest BCUT2D eigenvalue weighted by Crippen LogP contribution is 2.16. The van der Waals surface area contributed by atoms with Crippen LogP contribution in [0.1, 0.15) is 23.7 Å². The molecule has 0 aliphatic heterocycles. The van der Waals surface area contributed by atoms with Crippen LogP contribution in [-0.4, -0.2) is 22.4 Å². The molecule has 1 amide bonds. The number of amides is 1. The van der Waals surface area contributed by atoms with E-state index in [4.69, 9.17) is 11.6 Å². The molecule has 0 unspecified atom stereocenters. The summed E-state index contributed by atoms with van der Waals surface area (Å²) >= 11 is 5.72. The van der Waals surface area contributed by atoms with Crippen LogP contribution in [-0.2, 0) is 0 Å². The summed E-state index contributed by atoms with van der Waals surface area (Å²) in [6.07, 6.45) is 3.34. The van der Waals surface area contributed by atoms with Gasteiger partial charge < -0.3 is 10.6 Å². The zero-order chi connectivity index (χ0) is 15.2. The van der Waals surface area contributed by atoms with Crippen molar-refractivity contribution in [2.24, 2.45) is 0 Å². The monoisotopic (exact) mass is 308 g/mol. The van der Waals surface area contributed by atoms with E-state index in [-0.39, 0.29) is 5.56 Å². The number of carbonyl (C=O) groups is 1. The normalized spacial score (nSPS) is 10.2.